The highest BCUT2D eigenvalue weighted by atomic mass is 16.4. The molecular weight excluding hydrogens is 274 g/mol. The van der Waals surface area contributed by atoms with E-state index in [4.69, 9.17) is 5.11 Å². The van der Waals surface area contributed by atoms with Crippen LogP contribution in [0.4, 0.5) is 10.5 Å². The van der Waals surface area contributed by atoms with E-state index in [1.165, 1.54) is 0 Å². The number of urea groups is 1. The summed E-state index contributed by atoms with van der Waals surface area (Å²) < 4.78 is 0. The van der Waals surface area contributed by atoms with Crippen LogP contribution in [0.2, 0.25) is 0 Å². The normalized spacial score (nSPS) is 15.0. The third-order valence-corrected chi connectivity index (χ3v) is 3.16. The molecule has 0 radical (unpaired) electrons. The quantitative estimate of drug-likeness (QED) is 0.762. The molecule has 2 rings (SSSR count). The van der Waals surface area contributed by atoms with Crippen molar-refractivity contribution in [1.29, 1.82) is 0 Å². The van der Waals surface area contributed by atoms with E-state index in [0.29, 0.717) is 37.3 Å². The summed E-state index contributed by atoms with van der Waals surface area (Å²) in [5.41, 5.74) is 1.27. The fourth-order valence-corrected chi connectivity index (χ4v) is 2.05. The van der Waals surface area contributed by atoms with Crippen molar-refractivity contribution in [2.24, 2.45) is 0 Å². The van der Waals surface area contributed by atoms with Crippen molar-refractivity contribution in [3.05, 3.63) is 29.8 Å². The van der Waals surface area contributed by atoms with Crippen LogP contribution >= 0.6 is 0 Å². The first-order valence-electron chi connectivity index (χ1n) is 6.68. The number of nitrogens with one attached hydrogen (secondary N) is 2. The molecule has 21 heavy (non-hydrogen) atoms. The number of carboxylic acids is 1. The number of carbonyl (C=O) groups is 3. The molecule has 0 spiro atoms. The molecule has 7 nitrogen and oxygen atoms in total. The Morgan fingerprint density at radius 2 is 1.95 bits per heavy atom. The number of carboxylic acid groups (broad SMARTS) is 1. The molecule has 0 saturated carbocycles. The van der Waals surface area contributed by atoms with Crippen LogP contribution in [-0.4, -0.2) is 47.5 Å². The third-order valence-electron chi connectivity index (χ3n) is 3.16. The minimum absolute atomic E-state index is 0.0475. The van der Waals surface area contributed by atoms with Gasteiger partial charge in [-0.25, -0.2) is 4.79 Å². The zero-order chi connectivity index (χ0) is 15.2. The number of anilines is 1. The molecule has 3 N–H and O–H groups in total. The summed E-state index contributed by atoms with van der Waals surface area (Å²) in [6.07, 6.45) is 0.249. The van der Waals surface area contributed by atoms with Crippen molar-refractivity contribution in [1.82, 2.24) is 10.2 Å². The van der Waals surface area contributed by atoms with Gasteiger partial charge in [0.2, 0.25) is 5.91 Å². The van der Waals surface area contributed by atoms with E-state index in [0.717, 1.165) is 0 Å². The Labute approximate surface area is 121 Å². The average molecular weight is 291 g/mol. The summed E-state index contributed by atoms with van der Waals surface area (Å²) in [5.74, 6) is -0.947. The SMILES string of the molecule is O=C(O)Cc1ccc(NC(=O)N2CCNC(=O)CC2)cc1. The smallest absolute Gasteiger partial charge is 0.321 e. The topological polar surface area (TPSA) is 98.7 Å². The van der Waals surface area contributed by atoms with Crippen LogP contribution < -0.4 is 10.6 Å². The van der Waals surface area contributed by atoms with Crippen LogP contribution in [-0.2, 0) is 16.0 Å². The Balaban J connectivity index is 1.92. The molecule has 112 valence electrons. The van der Waals surface area contributed by atoms with E-state index in [1.807, 2.05) is 0 Å². The van der Waals surface area contributed by atoms with E-state index in [-0.39, 0.29) is 18.4 Å². The molecule has 1 saturated heterocycles. The molecule has 1 aromatic rings. The van der Waals surface area contributed by atoms with Gasteiger partial charge in [-0.3, -0.25) is 9.59 Å². The second-order valence-corrected chi connectivity index (χ2v) is 4.78. The van der Waals surface area contributed by atoms with Crippen LogP contribution in [0.3, 0.4) is 0 Å². The molecule has 1 fully saturated rings. The lowest BCUT2D eigenvalue weighted by Gasteiger charge is -2.20. The second kappa shape index (κ2) is 6.74. The van der Waals surface area contributed by atoms with E-state index in [1.54, 1.807) is 29.2 Å². The zero-order valence-electron chi connectivity index (χ0n) is 11.5. The highest BCUT2D eigenvalue weighted by Crippen LogP contribution is 2.11. The lowest BCUT2D eigenvalue weighted by atomic mass is 10.1. The predicted molar refractivity (Wildman–Crippen MR) is 76.0 cm³/mol. The summed E-state index contributed by atoms with van der Waals surface area (Å²) in [4.78, 5) is 35.4. The van der Waals surface area contributed by atoms with Crippen LogP contribution in [0.25, 0.3) is 0 Å². The predicted octanol–water partition coefficient (Wildman–Crippen LogP) is 0.667. The monoisotopic (exact) mass is 291 g/mol. The summed E-state index contributed by atoms with van der Waals surface area (Å²) in [6, 6.07) is 6.39. The largest absolute Gasteiger partial charge is 0.481 e. The Morgan fingerprint density at radius 3 is 2.62 bits per heavy atom. The Morgan fingerprint density at radius 1 is 1.24 bits per heavy atom. The third kappa shape index (κ3) is 4.48. The van der Waals surface area contributed by atoms with Crippen molar-refractivity contribution in [2.45, 2.75) is 12.8 Å². The second-order valence-electron chi connectivity index (χ2n) is 4.78. The Kier molecular flexibility index (Phi) is 4.76. The van der Waals surface area contributed by atoms with Gasteiger partial charge in [0.05, 0.1) is 6.42 Å². The van der Waals surface area contributed by atoms with Gasteiger partial charge in [-0.2, -0.15) is 0 Å². The Bertz CT molecular complexity index is 542. The summed E-state index contributed by atoms with van der Waals surface area (Å²) >= 11 is 0. The maximum atomic E-state index is 12.1. The number of amides is 3. The minimum Gasteiger partial charge on any atom is -0.481 e. The average Bonchev–Trinajstić information content (AvgIpc) is 2.65. The lowest BCUT2D eigenvalue weighted by molar-refractivity contribution is -0.136. The Hall–Kier alpha value is -2.57. The van der Waals surface area contributed by atoms with Crippen LogP contribution in [0.1, 0.15) is 12.0 Å². The van der Waals surface area contributed by atoms with Crippen LogP contribution in [0, 0.1) is 0 Å². The van der Waals surface area contributed by atoms with E-state index < -0.39 is 5.97 Å². The summed E-state index contributed by atoms with van der Waals surface area (Å²) in [5, 5.41) is 14.1. The van der Waals surface area contributed by atoms with Gasteiger partial charge in [-0.15, -0.1) is 0 Å². The maximum absolute atomic E-state index is 12.1. The van der Waals surface area contributed by atoms with E-state index in [2.05, 4.69) is 10.6 Å². The van der Waals surface area contributed by atoms with Gasteiger partial charge in [-0.1, -0.05) is 12.1 Å². The molecule has 1 heterocycles. The van der Waals surface area contributed by atoms with E-state index in [9.17, 15) is 14.4 Å². The molecule has 1 aliphatic heterocycles. The summed E-state index contributed by atoms with van der Waals surface area (Å²) in [7, 11) is 0. The number of carbonyl (C=O) groups excluding carboxylic acids is 2. The van der Waals surface area contributed by atoms with Gasteiger partial charge in [0.15, 0.2) is 0 Å². The number of hydrogen-bond donors (Lipinski definition) is 3. The van der Waals surface area contributed by atoms with Crippen molar-refractivity contribution >= 4 is 23.6 Å². The van der Waals surface area contributed by atoms with Crippen LogP contribution in [0.5, 0.6) is 0 Å². The number of nitrogens with zero attached hydrogens (tertiary/aromatic N) is 1. The highest BCUT2D eigenvalue weighted by molar-refractivity contribution is 5.90. The van der Waals surface area contributed by atoms with Gasteiger partial charge in [0, 0.05) is 31.7 Å². The molecule has 0 aliphatic carbocycles. The number of benzene rings is 1. The zero-order valence-corrected chi connectivity index (χ0v) is 11.5. The molecule has 0 aromatic heterocycles. The molecule has 0 atom stereocenters. The summed E-state index contributed by atoms with van der Waals surface area (Å²) in [6.45, 7) is 1.30. The molecular formula is C14H17N3O4. The van der Waals surface area contributed by atoms with Crippen molar-refractivity contribution in [3.63, 3.8) is 0 Å². The molecule has 7 heteroatoms. The van der Waals surface area contributed by atoms with E-state index >= 15 is 0 Å². The number of aliphatic carboxylic acids is 1. The highest BCUT2D eigenvalue weighted by Gasteiger charge is 2.18. The molecule has 1 aliphatic rings. The van der Waals surface area contributed by atoms with Gasteiger partial charge < -0.3 is 20.6 Å². The first-order valence-corrected chi connectivity index (χ1v) is 6.68. The van der Waals surface area contributed by atoms with Gasteiger partial charge >= 0.3 is 12.0 Å². The van der Waals surface area contributed by atoms with Crippen molar-refractivity contribution < 1.29 is 19.5 Å². The van der Waals surface area contributed by atoms with Crippen molar-refractivity contribution in [3.8, 4) is 0 Å². The minimum atomic E-state index is -0.895. The molecule has 0 unspecified atom stereocenters. The molecule has 0 bridgehead atoms. The van der Waals surface area contributed by atoms with Gasteiger partial charge in [0.25, 0.3) is 0 Å². The van der Waals surface area contributed by atoms with Gasteiger partial charge in [-0.05, 0) is 17.7 Å². The van der Waals surface area contributed by atoms with Gasteiger partial charge in [0.1, 0.15) is 0 Å². The molecule has 1 aromatic carbocycles. The number of rotatable bonds is 3. The molecule has 3 amide bonds. The fraction of sp³-hybridized carbons (Fsp3) is 0.357. The fourth-order valence-electron chi connectivity index (χ4n) is 2.05. The lowest BCUT2D eigenvalue weighted by Crippen LogP contribution is -2.37. The number of hydrogen-bond acceptors (Lipinski definition) is 3. The maximum Gasteiger partial charge on any atom is 0.321 e. The first kappa shape index (κ1) is 14.8. The van der Waals surface area contributed by atoms with Crippen molar-refractivity contribution in [2.75, 3.05) is 25.0 Å². The van der Waals surface area contributed by atoms with Crippen LogP contribution in [0.15, 0.2) is 24.3 Å². The standard InChI is InChI=1S/C14H17N3O4/c18-12-5-7-17(8-6-15-12)14(21)16-11-3-1-10(2-4-11)9-13(19)20/h1-4H,5-9H2,(H,15,18)(H,16,21)(H,19,20). The first-order chi connectivity index (χ1) is 10.0.